The highest BCUT2D eigenvalue weighted by molar-refractivity contribution is 7.17. The zero-order chi connectivity index (χ0) is 25.1. The van der Waals surface area contributed by atoms with E-state index >= 15 is 0 Å². The number of aryl methyl sites for hydroxylation is 1. The summed E-state index contributed by atoms with van der Waals surface area (Å²) >= 11 is 0.939. The van der Waals surface area contributed by atoms with Gasteiger partial charge in [-0.05, 0) is 49.2 Å². The first-order valence-corrected chi connectivity index (χ1v) is 11.7. The predicted octanol–water partition coefficient (Wildman–Crippen LogP) is 4.05. The van der Waals surface area contributed by atoms with Gasteiger partial charge in [-0.2, -0.15) is 0 Å². The van der Waals surface area contributed by atoms with Crippen LogP contribution in [-0.2, 0) is 14.3 Å². The second-order valence-corrected chi connectivity index (χ2v) is 8.71. The summed E-state index contributed by atoms with van der Waals surface area (Å²) in [6.45, 7) is 4.16. The molecule has 1 amide bonds. The predicted molar refractivity (Wildman–Crippen MR) is 129 cm³/mol. The van der Waals surface area contributed by atoms with Crippen LogP contribution in [0.2, 0.25) is 0 Å². The van der Waals surface area contributed by atoms with Crippen LogP contribution in [0, 0.1) is 6.92 Å². The van der Waals surface area contributed by atoms with Gasteiger partial charge < -0.3 is 14.6 Å². The highest BCUT2D eigenvalue weighted by Gasteiger charge is 2.48. The molecule has 9 nitrogen and oxygen atoms in total. The molecule has 0 bridgehead atoms. The average Bonchev–Trinajstić information content (AvgIpc) is 3.39. The van der Waals surface area contributed by atoms with Crippen molar-refractivity contribution >= 4 is 39.9 Å². The van der Waals surface area contributed by atoms with E-state index in [2.05, 4.69) is 9.97 Å². The van der Waals surface area contributed by atoms with Crippen LogP contribution in [0.5, 0.6) is 5.75 Å². The topological polar surface area (TPSA) is 119 Å². The quantitative estimate of drug-likeness (QED) is 0.227. The lowest BCUT2D eigenvalue weighted by Crippen LogP contribution is -2.29. The molecule has 3 aromatic rings. The van der Waals surface area contributed by atoms with Crippen LogP contribution in [0.4, 0.5) is 5.13 Å². The zero-order valence-electron chi connectivity index (χ0n) is 19.3. The minimum atomic E-state index is -0.990. The number of hydrogen-bond acceptors (Lipinski definition) is 9. The summed E-state index contributed by atoms with van der Waals surface area (Å²) in [5, 5.41) is 11.3. The highest BCUT2D eigenvalue weighted by atomic mass is 32.1. The summed E-state index contributed by atoms with van der Waals surface area (Å²) in [5.74, 6) is -2.03. The Labute approximate surface area is 205 Å². The van der Waals surface area contributed by atoms with Gasteiger partial charge >= 0.3 is 11.9 Å². The molecule has 1 N–H and O–H groups in total. The molecule has 35 heavy (non-hydrogen) atoms. The summed E-state index contributed by atoms with van der Waals surface area (Å²) < 4.78 is 10.4. The fourth-order valence-corrected chi connectivity index (χ4v) is 4.75. The lowest BCUT2D eigenvalue weighted by molar-refractivity contribution is -0.132. The van der Waals surface area contributed by atoms with Crippen molar-refractivity contribution in [3.8, 4) is 5.75 Å². The maximum absolute atomic E-state index is 13.2. The number of methoxy groups -OCH3 is 1. The number of thiazole rings is 1. The molecule has 1 aromatic carbocycles. The van der Waals surface area contributed by atoms with E-state index in [1.165, 1.54) is 18.2 Å². The van der Waals surface area contributed by atoms with Crippen molar-refractivity contribution in [2.75, 3.05) is 18.6 Å². The van der Waals surface area contributed by atoms with E-state index in [0.717, 1.165) is 17.8 Å². The molecule has 2 aromatic heterocycles. The number of rotatable bonds is 7. The molecule has 4 rings (SSSR count). The van der Waals surface area contributed by atoms with Gasteiger partial charge in [0.2, 0.25) is 0 Å². The summed E-state index contributed by atoms with van der Waals surface area (Å²) in [4.78, 5) is 48.4. The third-order valence-electron chi connectivity index (χ3n) is 5.41. The number of carbonyl (C=O) groups is 3. The number of benzene rings is 1. The molecule has 0 unspecified atom stereocenters. The van der Waals surface area contributed by atoms with Crippen molar-refractivity contribution in [1.29, 1.82) is 0 Å². The Hall–Kier alpha value is -4.05. The van der Waals surface area contributed by atoms with Gasteiger partial charge in [0.25, 0.3) is 5.78 Å². The SMILES string of the molecule is CCCOc1ccc(C(O)=C2C(=O)C(=O)N(c3nc(C)c(C(=O)OC)s3)[C@H]2c2cccnc2)cc1. The van der Waals surface area contributed by atoms with E-state index in [1.807, 2.05) is 6.92 Å². The second-order valence-electron chi connectivity index (χ2n) is 7.73. The highest BCUT2D eigenvalue weighted by Crippen LogP contribution is 2.43. The smallest absolute Gasteiger partial charge is 0.350 e. The summed E-state index contributed by atoms with van der Waals surface area (Å²) in [7, 11) is 1.25. The first-order chi connectivity index (χ1) is 16.9. The van der Waals surface area contributed by atoms with Crippen LogP contribution in [-0.4, -0.2) is 46.5 Å². The largest absolute Gasteiger partial charge is 0.507 e. The number of ketones is 1. The van der Waals surface area contributed by atoms with Gasteiger partial charge in [0.15, 0.2) is 5.13 Å². The molecule has 1 aliphatic rings. The second kappa shape index (κ2) is 10.1. The maximum atomic E-state index is 13.2. The van der Waals surface area contributed by atoms with Gasteiger partial charge in [-0.25, -0.2) is 9.78 Å². The van der Waals surface area contributed by atoms with E-state index in [0.29, 0.717) is 29.2 Å². The molecule has 0 aliphatic carbocycles. The number of aromatic nitrogens is 2. The van der Waals surface area contributed by atoms with Gasteiger partial charge in [0, 0.05) is 18.0 Å². The lowest BCUT2D eigenvalue weighted by Gasteiger charge is -2.22. The minimum absolute atomic E-state index is 0.0994. The fourth-order valence-electron chi connectivity index (χ4n) is 3.73. The number of nitrogens with zero attached hydrogens (tertiary/aromatic N) is 3. The van der Waals surface area contributed by atoms with Crippen LogP contribution in [0.3, 0.4) is 0 Å². The van der Waals surface area contributed by atoms with Crippen molar-refractivity contribution in [2.45, 2.75) is 26.3 Å². The van der Waals surface area contributed by atoms with Gasteiger partial charge in [-0.1, -0.05) is 24.3 Å². The average molecular weight is 494 g/mol. The number of anilines is 1. The van der Waals surface area contributed by atoms with Crippen LogP contribution >= 0.6 is 11.3 Å². The van der Waals surface area contributed by atoms with Crippen LogP contribution < -0.4 is 9.64 Å². The van der Waals surface area contributed by atoms with Crippen molar-refractivity contribution in [3.63, 3.8) is 0 Å². The number of amides is 1. The first kappa shape index (κ1) is 24.1. The maximum Gasteiger partial charge on any atom is 0.350 e. The van der Waals surface area contributed by atoms with E-state index in [4.69, 9.17) is 9.47 Å². The zero-order valence-corrected chi connectivity index (χ0v) is 20.2. The normalized spacial score (nSPS) is 17.0. The minimum Gasteiger partial charge on any atom is -0.507 e. The third kappa shape index (κ3) is 4.52. The Morgan fingerprint density at radius 3 is 2.57 bits per heavy atom. The van der Waals surface area contributed by atoms with Crippen molar-refractivity contribution < 1.29 is 29.0 Å². The Morgan fingerprint density at radius 1 is 1.20 bits per heavy atom. The number of ether oxygens (including phenoxy) is 2. The van der Waals surface area contributed by atoms with Gasteiger partial charge in [0.1, 0.15) is 16.4 Å². The van der Waals surface area contributed by atoms with Gasteiger partial charge in [-0.15, -0.1) is 0 Å². The molecule has 180 valence electrons. The number of Topliss-reactive ketones (excluding diaryl/α,β-unsaturated/α-hetero) is 1. The molecule has 1 fully saturated rings. The standard InChI is InChI=1S/C25H23N3O6S/c1-4-12-34-17-9-7-15(8-10-17)20(29)18-19(16-6-5-11-26-13-16)28(23(31)21(18)30)25-27-14(2)22(35-25)24(32)33-3/h5-11,13,19,29H,4,12H2,1-3H3/t19-/m0/s1. The summed E-state index contributed by atoms with van der Waals surface area (Å²) in [6.07, 6.45) is 3.93. The Bertz CT molecular complexity index is 1300. The molecule has 1 saturated heterocycles. The van der Waals surface area contributed by atoms with E-state index in [9.17, 15) is 19.5 Å². The van der Waals surface area contributed by atoms with Crippen molar-refractivity contribution in [3.05, 3.63) is 76.1 Å². The summed E-state index contributed by atoms with van der Waals surface area (Å²) in [5.41, 5.74) is 1.12. The van der Waals surface area contributed by atoms with E-state index in [1.54, 1.807) is 49.5 Å². The number of carbonyl (C=O) groups excluding carboxylic acids is 3. The number of aliphatic hydroxyl groups is 1. The van der Waals surface area contributed by atoms with Crippen molar-refractivity contribution in [2.24, 2.45) is 0 Å². The summed E-state index contributed by atoms with van der Waals surface area (Å²) in [6, 6.07) is 9.00. The molecule has 1 atom stereocenters. The van der Waals surface area contributed by atoms with Crippen LogP contribution in [0.1, 0.15) is 45.9 Å². The Morgan fingerprint density at radius 2 is 1.94 bits per heavy atom. The van der Waals surface area contributed by atoms with Crippen LogP contribution in [0.25, 0.3) is 5.76 Å². The first-order valence-electron chi connectivity index (χ1n) is 10.9. The van der Waals surface area contributed by atoms with E-state index in [-0.39, 0.29) is 21.3 Å². The molecule has 0 spiro atoms. The Balaban J connectivity index is 1.84. The van der Waals surface area contributed by atoms with Gasteiger partial charge in [0.05, 0.1) is 31.0 Å². The number of hydrogen-bond donors (Lipinski definition) is 1. The Kier molecular flexibility index (Phi) is 6.92. The number of esters is 1. The molecular weight excluding hydrogens is 470 g/mol. The molecule has 0 saturated carbocycles. The van der Waals surface area contributed by atoms with Gasteiger partial charge in [-0.3, -0.25) is 19.5 Å². The van der Waals surface area contributed by atoms with Crippen molar-refractivity contribution in [1.82, 2.24) is 9.97 Å². The molecule has 3 heterocycles. The number of aliphatic hydroxyl groups excluding tert-OH is 1. The van der Waals surface area contributed by atoms with Crippen LogP contribution in [0.15, 0.2) is 54.4 Å². The molecule has 10 heteroatoms. The third-order valence-corrected chi connectivity index (χ3v) is 6.54. The lowest BCUT2D eigenvalue weighted by atomic mass is 9.96. The molecule has 1 aliphatic heterocycles. The monoisotopic (exact) mass is 493 g/mol. The fraction of sp³-hybridized carbons (Fsp3) is 0.240. The van der Waals surface area contributed by atoms with E-state index < -0.39 is 23.7 Å². The molecule has 0 radical (unpaired) electrons. The number of pyridine rings is 1. The molecular formula is C25H23N3O6S.